The van der Waals surface area contributed by atoms with Gasteiger partial charge in [0.15, 0.2) is 5.69 Å². The third kappa shape index (κ3) is 4.44. The van der Waals surface area contributed by atoms with E-state index in [1.54, 1.807) is 16.8 Å². The first-order valence-corrected chi connectivity index (χ1v) is 9.69. The van der Waals surface area contributed by atoms with E-state index in [4.69, 9.17) is 4.74 Å². The zero-order valence-electron chi connectivity index (χ0n) is 16.1. The Labute approximate surface area is 168 Å². The number of para-hydroxylation sites is 2. The first-order chi connectivity index (χ1) is 14.2. The highest BCUT2D eigenvalue weighted by Crippen LogP contribution is 2.07. The van der Waals surface area contributed by atoms with E-state index in [1.807, 2.05) is 48.5 Å². The quantitative estimate of drug-likeness (QED) is 0.612. The van der Waals surface area contributed by atoms with Crippen molar-refractivity contribution >= 4 is 11.6 Å². The van der Waals surface area contributed by atoms with Crippen LogP contribution in [0, 0.1) is 0 Å². The molecule has 1 aromatic heterocycles. The van der Waals surface area contributed by atoms with Crippen LogP contribution < -0.4 is 15.6 Å². The topological polar surface area (TPSA) is 83.2 Å². The number of carbonyl (C=O) groups excluding carboxylic acids is 1. The average molecular weight is 394 g/mol. The van der Waals surface area contributed by atoms with Gasteiger partial charge >= 0.3 is 17.2 Å². The van der Waals surface area contributed by atoms with Gasteiger partial charge in [0, 0.05) is 25.3 Å². The highest BCUT2D eigenvalue weighted by molar-refractivity contribution is 6.01. The van der Waals surface area contributed by atoms with Crippen molar-refractivity contribution in [3.8, 4) is 5.69 Å². The summed E-state index contributed by atoms with van der Waals surface area (Å²) in [5, 5.41) is 5.89. The van der Waals surface area contributed by atoms with Crippen molar-refractivity contribution in [1.29, 1.82) is 0 Å². The van der Waals surface area contributed by atoms with Crippen LogP contribution in [-0.2, 0) is 11.3 Å². The lowest BCUT2D eigenvalue weighted by Crippen LogP contribution is -2.50. The molecule has 150 valence electrons. The van der Waals surface area contributed by atoms with Gasteiger partial charge in [-0.05, 0) is 24.3 Å². The second-order valence-electron chi connectivity index (χ2n) is 6.85. The maximum absolute atomic E-state index is 13.1. The first kappa shape index (κ1) is 19.1. The second kappa shape index (κ2) is 8.85. The molecule has 2 heterocycles. The van der Waals surface area contributed by atoms with E-state index in [-0.39, 0.29) is 11.3 Å². The van der Waals surface area contributed by atoms with Crippen molar-refractivity contribution < 1.29 is 14.2 Å². The van der Waals surface area contributed by atoms with Crippen LogP contribution in [0.15, 0.2) is 65.5 Å². The number of benzene rings is 2. The molecular formula is C21H24N5O3+. The van der Waals surface area contributed by atoms with E-state index in [0.29, 0.717) is 37.7 Å². The summed E-state index contributed by atoms with van der Waals surface area (Å²) in [6, 6.07) is 18.4. The Morgan fingerprint density at radius 3 is 2.38 bits per heavy atom. The monoisotopic (exact) mass is 394 g/mol. The number of ether oxygens (including phenoxy) is 1. The molecule has 0 radical (unpaired) electrons. The molecular weight excluding hydrogens is 370 g/mol. The Morgan fingerprint density at radius 1 is 1.03 bits per heavy atom. The van der Waals surface area contributed by atoms with E-state index < -0.39 is 5.91 Å². The summed E-state index contributed by atoms with van der Waals surface area (Å²) < 4.78 is 8.42. The molecule has 1 fully saturated rings. The predicted octanol–water partition coefficient (Wildman–Crippen LogP) is 1.04. The van der Waals surface area contributed by atoms with Crippen LogP contribution >= 0.6 is 0 Å². The second-order valence-corrected chi connectivity index (χ2v) is 6.85. The van der Waals surface area contributed by atoms with Crippen LogP contribution in [0.25, 0.3) is 5.69 Å². The summed E-state index contributed by atoms with van der Waals surface area (Å²) in [4.78, 5) is 28.3. The average Bonchev–Trinajstić information content (AvgIpc) is 3.10. The molecule has 0 bridgehead atoms. The molecule has 8 heteroatoms. The van der Waals surface area contributed by atoms with Gasteiger partial charge in [0.25, 0.3) is 0 Å². The third-order valence-electron chi connectivity index (χ3n) is 4.90. The van der Waals surface area contributed by atoms with Crippen LogP contribution in [-0.4, -0.2) is 53.6 Å². The largest absolute Gasteiger partial charge is 0.411 e. The van der Waals surface area contributed by atoms with Crippen LogP contribution in [0.3, 0.4) is 0 Å². The number of hydrogen-bond acceptors (Lipinski definition) is 4. The van der Waals surface area contributed by atoms with Gasteiger partial charge < -0.3 is 10.1 Å². The minimum atomic E-state index is -0.436. The number of rotatable bonds is 6. The summed E-state index contributed by atoms with van der Waals surface area (Å²) in [6.07, 6.45) is 0. The van der Waals surface area contributed by atoms with Crippen LogP contribution in [0.4, 0.5) is 5.69 Å². The number of nitrogens with zero attached hydrogens (tertiary/aromatic N) is 3. The third-order valence-corrected chi connectivity index (χ3v) is 4.90. The van der Waals surface area contributed by atoms with Crippen molar-refractivity contribution in [1.82, 2.24) is 14.8 Å². The van der Waals surface area contributed by atoms with Crippen LogP contribution in [0.5, 0.6) is 0 Å². The standard InChI is InChI=1S/C21H23N5O3/c27-20(22-17-7-3-1-4-8-17)19-21(28)26(18-9-5-2-6-10-18)23-25(19)12-11-24-13-15-29-16-14-24/h1-10H,11-16H2,(H-,22,23,27,28)/p+1. The van der Waals surface area contributed by atoms with Crippen molar-refractivity contribution in [2.75, 3.05) is 38.2 Å². The smallest absolute Gasteiger partial charge is 0.379 e. The van der Waals surface area contributed by atoms with Gasteiger partial charge in [-0.1, -0.05) is 46.3 Å². The molecule has 29 heavy (non-hydrogen) atoms. The molecule has 1 aliphatic heterocycles. The Bertz CT molecular complexity index is 1010. The first-order valence-electron chi connectivity index (χ1n) is 9.69. The zero-order valence-corrected chi connectivity index (χ0v) is 16.1. The van der Waals surface area contributed by atoms with Gasteiger partial charge in [0.05, 0.1) is 13.2 Å². The molecule has 0 spiro atoms. The summed E-state index contributed by atoms with van der Waals surface area (Å²) in [5.41, 5.74) is 1.01. The Balaban J connectivity index is 1.64. The number of H-pyrrole nitrogens is 1. The maximum Gasteiger partial charge on any atom is 0.411 e. The number of amides is 1. The van der Waals surface area contributed by atoms with E-state index in [0.717, 1.165) is 13.1 Å². The maximum atomic E-state index is 13.1. The number of hydrogen-bond donors (Lipinski definition) is 2. The lowest BCUT2D eigenvalue weighted by Gasteiger charge is -2.25. The fraction of sp³-hybridized carbons (Fsp3) is 0.286. The van der Waals surface area contributed by atoms with Gasteiger partial charge in [-0.15, -0.1) is 4.68 Å². The molecule has 0 atom stereocenters. The highest BCUT2D eigenvalue weighted by atomic mass is 16.5. The zero-order chi connectivity index (χ0) is 20.1. The van der Waals surface area contributed by atoms with Crippen molar-refractivity contribution in [3.63, 3.8) is 0 Å². The number of aromatic amines is 1. The molecule has 0 saturated carbocycles. The van der Waals surface area contributed by atoms with Gasteiger partial charge in [0.2, 0.25) is 0 Å². The van der Waals surface area contributed by atoms with Gasteiger partial charge in [-0.25, -0.2) is 4.79 Å². The van der Waals surface area contributed by atoms with Crippen LogP contribution in [0.1, 0.15) is 10.5 Å². The summed E-state index contributed by atoms with van der Waals surface area (Å²) in [6.45, 7) is 4.30. The number of anilines is 1. The minimum Gasteiger partial charge on any atom is -0.379 e. The molecule has 4 rings (SSSR count). The van der Waals surface area contributed by atoms with Crippen molar-refractivity contribution in [2.45, 2.75) is 6.54 Å². The van der Waals surface area contributed by atoms with E-state index in [1.165, 1.54) is 4.68 Å². The predicted molar refractivity (Wildman–Crippen MR) is 108 cm³/mol. The van der Waals surface area contributed by atoms with Crippen molar-refractivity contribution in [3.05, 3.63) is 76.7 Å². The van der Waals surface area contributed by atoms with E-state index >= 15 is 0 Å². The molecule has 1 amide bonds. The van der Waals surface area contributed by atoms with E-state index in [2.05, 4.69) is 15.4 Å². The number of carbonyl (C=O) groups is 1. The van der Waals surface area contributed by atoms with Gasteiger partial charge in [-0.2, -0.15) is 0 Å². The molecule has 8 nitrogen and oxygen atoms in total. The SMILES string of the molecule is O=C(Nc1ccccc1)c1c(=O)n(-c2ccccc2)[nH][n+]1CCN1CCOCC1. The van der Waals surface area contributed by atoms with Crippen molar-refractivity contribution in [2.24, 2.45) is 0 Å². The highest BCUT2D eigenvalue weighted by Gasteiger charge is 2.29. The summed E-state index contributed by atoms with van der Waals surface area (Å²) >= 11 is 0. The fourth-order valence-corrected chi connectivity index (χ4v) is 3.35. The molecule has 0 aliphatic carbocycles. The Kier molecular flexibility index (Phi) is 5.83. The Morgan fingerprint density at radius 2 is 1.69 bits per heavy atom. The Hall–Kier alpha value is -3.23. The number of morpholine rings is 1. The molecule has 2 aromatic carbocycles. The van der Waals surface area contributed by atoms with Crippen LogP contribution in [0.2, 0.25) is 0 Å². The molecule has 1 aliphatic rings. The molecule has 0 unspecified atom stereocenters. The molecule has 3 aromatic rings. The lowest BCUT2D eigenvalue weighted by atomic mass is 10.3. The number of nitrogens with one attached hydrogen (secondary N) is 2. The van der Waals surface area contributed by atoms with E-state index in [9.17, 15) is 9.59 Å². The summed E-state index contributed by atoms with van der Waals surface area (Å²) in [5.74, 6) is -0.436. The van der Waals surface area contributed by atoms with Gasteiger partial charge in [-0.3, -0.25) is 9.69 Å². The normalized spacial score (nSPS) is 14.6. The van der Waals surface area contributed by atoms with Gasteiger partial charge in [0.1, 0.15) is 6.54 Å². The molecule has 1 saturated heterocycles. The minimum absolute atomic E-state index is 0.0750. The lowest BCUT2D eigenvalue weighted by molar-refractivity contribution is -0.755. The summed E-state index contributed by atoms with van der Waals surface area (Å²) in [7, 11) is 0. The number of aromatic nitrogens is 3. The fourth-order valence-electron chi connectivity index (χ4n) is 3.35. The molecule has 2 N–H and O–H groups in total.